The average Bonchev–Trinajstić information content (AvgIpc) is 2.99. The van der Waals surface area contributed by atoms with Gasteiger partial charge in [0.1, 0.15) is 17.6 Å². The minimum atomic E-state index is 0.226. The van der Waals surface area contributed by atoms with Crippen molar-refractivity contribution in [2.75, 3.05) is 21.3 Å². The van der Waals surface area contributed by atoms with E-state index in [1.807, 2.05) is 18.2 Å². The highest BCUT2D eigenvalue weighted by Gasteiger charge is 2.21. The first kappa shape index (κ1) is 17.4. The molecule has 0 saturated heterocycles. The maximum absolute atomic E-state index is 5.86. The quantitative estimate of drug-likeness (QED) is 0.836. The number of benzene rings is 2. The Morgan fingerprint density at radius 2 is 1.76 bits per heavy atom. The summed E-state index contributed by atoms with van der Waals surface area (Å²) in [6.45, 7) is 3.42. The van der Waals surface area contributed by atoms with Gasteiger partial charge in [-0.05, 0) is 25.1 Å². The lowest BCUT2D eigenvalue weighted by atomic mass is 10.1. The summed E-state index contributed by atoms with van der Waals surface area (Å²) in [6.07, 6.45) is 1.16. The minimum Gasteiger partial charge on any atom is -0.496 e. The van der Waals surface area contributed by atoms with Gasteiger partial charge in [0.15, 0.2) is 11.5 Å². The van der Waals surface area contributed by atoms with Crippen LogP contribution in [0.3, 0.4) is 0 Å². The summed E-state index contributed by atoms with van der Waals surface area (Å²) >= 11 is 0. The fourth-order valence-corrected chi connectivity index (χ4v) is 3.23. The van der Waals surface area contributed by atoms with Gasteiger partial charge >= 0.3 is 0 Å². The second-order valence-electron chi connectivity index (χ2n) is 6.16. The van der Waals surface area contributed by atoms with E-state index in [2.05, 4.69) is 24.4 Å². The van der Waals surface area contributed by atoms with Crippen molar-refractivity contribution in [1.82, 2.24) is 5.32 Å². The average molecular weight is 343 g/mol. The highest BCUT2D eigenvalue weighted by molar-refractivity contribution is 5.49. The SMILES string of the molecule is COc1cc2c(cc1CNCc1cccc(OC)c1OC)OC(C)C2. The van der Waals surface area contributed by atoms with Gasteiger partial charge in [-0.3, -0.25) is 0 Å². The molecule has 1 N–H and O–H groups in total. The summed E-state index contributed by atoms with van der Waals surface area (Å²) in [7, 11) is 5.00. The molecule has 1 unspecified atom stereocenters. The van der Waals surface area contributed by atoms with Crippen LogP contribution in [0.1, 0.15) is 23.6 Å². The van der Waals surface area contributed by atoms with Gasteiger partial charge in [-0.2, -0.15) is 0 Å². The van der Waals surface area contributed by atoms with Crippen LogP contribution < -0.4 is 24.3 Å². The molecule has 1 heterocycles. The summed E-state index contributed by atoms with van der Waals surface area (Å²) < 4.78 is 22.2. The van der Waals surface area contributed by atoms with E-state index in [1.165, 1.54) is 5.56 Å². The Morgan fingerprint density at radius 1 is 1.00 bits per heavy atom. The molecule has 2 aromatic carbocycles. The molecule has 0 radical (unpaired) electrons. The van der Waals surface area contributed by atoms with Gasteiger partial charge in [0.25, 0.3) is 0 Å². The van der Waals surface area contributed by atoms with E-state index >= 15 is 0 Å². The number of methoxy groups -OCH3 is 3. The van der Waals surface area contributed by atoms with Crippen molar-refractivity contribution in [2.45, 2.75) is 32.5 Å². The smallest absolute Gasteiger partial charge is 0.165 e. The monoisotopic (exact) mass is 343 g/mol. The van der Waals surface area contributed by atoms with Crippen LogP contribution in [0.4, 0.5) is 0 Å². The number of hydrogen-bond acceptors (Lipinski definition) is 5. The molecule has 1 aliphatic heterocycles. The minimum absolute atomic E-state index is 0.226. The maximum atomic E-state index is 5.86. The summed E-state index contributed by atoms with van der Waals surface area (Å²) in [4.78, 5) is 0. The highest BCUT2D eigenvalue weighted by atomic mass is 16.5. The van der Waals surface area contributed by atoms with Gasteiger partial charge in [0, 0.05) is 36.2 Å². The lowest BCUT2D eigenvalue weighted by molar-refractivity contribution is 0.254. The molecule has 5 nitrogen and oxygen atoms in total. The first-order chi connectivity index (χ1) is 12.2. The molecule has 1 atom stereocenters. The van der Waals surface area contributed by atoms with Crippen LogP contribution in [0.2, 0.25) is 0 Å². The number of fused-ring (bicyclic) bond motifs is 1. The van der Waals surface area contributed by atoms with Gasteiger partial charge in [0.2, 0.25) is 0 Å². The van der Waals surface area contributed by atoms with Crippen molar-refractivity contribution >= 4 is 0 Å². The third kappa shape index (κ3) is 3.66. The Labute approximate surface area is 148 Å². The Hall–Kier alpha value is -2.40. The molecule has 0 saturated carbocycles. The number of ether oxygens (including phenoxy) is 4. The van der Waals surface area contributed by atoms with Crippen molar-refractivity contribution in [1.29, 1.82) is 0 Å². The largest absolute Gasteiger partial charge is 0.496 e. The van der Waals surface area contributed by atoms with Crippen LogP contribution >= 0.6 is 0 Å². The molecule has 2 aromatic rings. The van der Waals surface area contributed by atoms with Crippen molar-refractivity contribution < 1.29 is 18.9 Å². The van der Waals surface area contributed by atoms with E-state index < -0.39 is 0 Å². The molecule has 5 heteroatoms. The lowest BCUT2D eigenvalue weighted by Crippen LogP contribution is -2.14. The van der Waals surface area contributed by atoms with E-state index in [9.17, 15) is 0 Å². The second kappa shape index (κ2) is 7.66. The van der Waals surface area contributed by atoms with E-state index in [0.29, 0.717) is 13.1 Å². The van der Waals surface area contributed by atoms with Crippen LogP contribution in [-0.2, 0) is 19.5 Å². The first-order valence-electron chi connectivity index (χ1n) is 8.43. The number of para-hydroxylation sites is 1. The molecule has 134 valence electrons. The molecule has 1 aliphatic rings. The lowest BCUT2D eigenvalue weighted by Gasteiger charge is -2.15. The predicted octanol–water partition coefficient (Wildman–Crippen LogP) is 3.33. The van der Waals surface area contributed by atoms with Crippen LogP contribution in [0, 0.1) is 0 Å². The molecule has 0 spiro atoms. The van der Waals surface area contributed by atoms with E-state index in [1.54, 1.807) is 21.3 Å². The maximum Gasteiger partial charge on any atom is 0.165 e. The molecule has 0 bridgehead atoms. The summed E-state index contributed by atoms with van der Waals surface area (Å²) in [5.74, 6) is 3.35. The van der Waals surface area contributed by atoms with Gasteiger partial charge in [-0.1, -0.05) is 12.1 Å². The third-order valence-corrected chi connectivity index (χ3v) is 4.41. The van der Waals surface area contributed by atoms with Crippen molar-refractivity contribution in [3.63, 3.8) is 0 Å². The van der Waals surface area contributed by atoms with E-state index in [0.717, 1.165) is 40.5 Å². The Balaban J connectivity index is 1.72. The number of hydrogen-bond donors (Lipinski definition) is 1. The predicted molar refractivity (Wildman–Crippen MR) is 96.9 cm³/mol. The Kier molecular flexibility index (Phi) is 5.34. The van der Waals surface area contributed by atoms with Crippen molar-refractivity contribution in [3.05, 3.63) is 47.0 Å². The Bertz CT molecular complexity index is 745. The zero-order valence-corrected chi connectivity index (χ0v) is 15.2. The highest BCUT2D eigenvalue weighted by Crippen LogP contribution is 2.35. The molecule has 3 rings (SSSR count). The summed E-state index contributed by atoms with van der Waals surface area (Å²) in [6, 6.07) is 10.0. The zero-order valence-electron chi connectivity index (χ0n) is 15.2. The molecule has 0 aromatic heterocycles. The molecule has 0 fully saturated rings. The van der Waals surface area contributed by atoms with Crippen LogP contribution in [0.5, 0.6) is 23.0 Å². The van der Waals surface area contributed by atoms with E-state index in [-0.39, 0.29) is 6.10 Å². The Morgan fingerprint density at radius 3 is 2.48 bits per heavy atom. The van der Waals surface area contributed by atoms with Crippen LogP contribution in [-0.4, -0.2) is 27.4 Å². The normalized spacial score (nSPS) is 15.4. The van der Waals surface area contributed by atoms with E-state index in [4.69, 9.17) is 18.9 Å². The number of rotatable bonds is 7. The van der Waals surface area contributed by atoms with Crippen molar-refractivity contribution in [3.8, 4) is 23.0 Å². The standard InChI is InChI=1S/C20H25NO4/c1-13-8-15-9-18(23-3)16(10-19(15)25-13)12-21-11-14-6-5-7-17(22-2)20(14)24-4/h5-7,9-10,13,21H,8,11-12H2,1-4H3. The van der Waals surface area contributed by atoms with Gasteiger partial charge in [-0.15, -0.1) is 0 Å². The fourth-order valence-electron chi connectivity index (χ4n) is 3.23. The molecule has 25 heavy (non-hydrogen) atoms. The van der Waals surface area contributed by atoms with Gasteiger partial charge in [0.05, 0.1) is 21.3 Å². The first-order valence-corrected chi connectivity index (χ1v) is 8.43. The molecular formula is C20H25NO4. The summed E-state index contributed by atoms with van der Waals surface area (Å²) in [5, 5.41) is 3.45. The van der Waals surface area contributed by atoms with Crippen molar-refractivity contribution in [2.24, 2.45) is 0 Å². The third-order valence-electron chi connectivity index (χ3n) is 4.41. The fraction of sp³-hybridized carbons (Fsp3) is 0.400. The van der Waals surface area contributed by atoms with Gasteiger partial charge in [-0.25, -0.2) is 0 Å². The van der Waals surface area contributed by atoms with Gasteiger partial charge < -0.3 is 24.3 Å². The molecule has 0 amide bonds. The van der Waals surface area contributed by atoms with Crippen LogP contribution in [0.25, 0.3) is 0 Å². The summed E-state index contributed by atoms with van der Waals surface area (Å²) in [5.41, 5.74) is 3.34. The topological polar surface area (TPSA) is 49.0 Å². The zero-order chi connectivity index (χ0) is 17.8. The second-order valence-corrected chi connectivity index (χ2v) is 6.16. The van der Waals surface area contributed by atoms with Crippen LogP contribution in [0.15, 0.2) is 30.3 Å². The number of nitrogens with one attached hydrogen (secondary N) is 1. The molecule has 0 aliphatic carbocycles. The molecular weight excluding hydrogens is 318 g/mol.